The van der Waals surface area contributed by atoms with Crippen LogP contribution in [0.25, 0.3) is 11.0 Å². The Bertz CT molecular complexity index is 1280. The number of hydrogen-bond donors (Lipinski definition) is 0. The summed E-state index contributed by atoms with van der Waals surface area (Å²) in [7, 11) is 0. The zero-order chi connectivity index (χ0) is 24.4. The molecule has 0 unspecified atom stereocenters. The van der Waals surface area contributed by atoms with E-state index in [1.807, 2.05) is 4.90 Å². The number of nitro groups is 1. The summed E-state index contributed by atoms with van der Waals surface area (Å²) in [5, 5.41) is 11.4. The Morgan fingerprint density at radius 3 is 2.47 bits per heavy atom. The van der Waals surface area contributed by atoms with Crippen LogP contribution in [0.3, 0.4) is 0 Å². The van der Waals surface area contributed by atoms with Crippen LogP contribution in [0.5, 0.6) is 0 Å². The van der Waals surface area contributed by atoms with Crippen molar-refractivity contribution in [2.45, 2.75) is 13.3 Å². The SMILES string of the molecule is CCOC(=O)c1nc2cc(Cl)c(Cl)cc2nc1N1CCCN(C(=O)c2ccc([N+](=O)[O-])o2)CC1. The second-order valence-electron chi connectivity index (χ2n) is 7.40. The van der Waals surface area contributed by atoms with Crippen LogP contribution in [0.1, 0.15) is 34.4 Å². The van der Waals surface area contributed by atoms with Gasteiger partial charge in [0.1, 0.15) is 4.92 Å². The lowest BCUT2D eigenvalue weighted by Crippen LogP contribution is -2.35. The first-order valence-electron chi connectivity index (χ1n) is 10.4. The lowest BCUT2D eigenvalue weighted by molar-refractivity contribution is -0.402. The Labute approximate surface area is 203 Å². The van der Waals surface area contributed by atoms with Gasteiger partial charge in [-0.15, -0.1) is 0 Å². The molecule has 1 amide bonds. The van der Waals surface area contributed by atoms with Gasteiger partial charge in [0.15, 0.2) is 17.3 Å². The molecule has 0 N–H and O–H groups in total. The number of aromatic nitrogens is 2. The van der Waals surface area contributed by atoms with E-state index in [-0.39, 0.29) is 29.6 Å². The van der Waals surface area contributed by atoms with E-state index in [9.17, 15) is 19.7 Å². The van der Waals surface area contributed by atoms with E-state index in [0.29, 0.717) is 47.9 Å². The van der Waals surface area contributed by atoms with Gasteiger partial charge in [-0.25, -0.2) is 14.8 Å². The van der Waals surface area contributed by atoms with Crippen molar-refractivity contribution in [3.8, 4) is 0 Å². The molecule has 1 fully saturated rings. The Hall–Kier alpha value is -3.44. The van der Waals surface area contributed by atoms with Gasteiger partial charge in [-0.3, -0.25) is 14.9 Å². The van der Waals surface area contributed by atoms with E-state index in [1.165, 1.54) is 17.0 Å². The van der Waals surface area contributed by atoms with Gasteiger partial charge in [-0.05, 0) is 31.5 Å². The fourth-order valence-electron chi connectivity index (χ4n) is 3.63. The highest BCUT2D eigenvalue weighted by Crippen LogP contribution is 2.29. The van der Waals surface area contributed by atoms with Gasteiger partial charge in [0, 0.05) is 26.2 Å². The van der Waals surface area contributed by atoms with E-state index in [2.05, 4.69) is 9.97 Å². The zero-order valence-corrected chi connectivity index (χ0v) is 19.5. The quantitative estimate of drug-likeness (QED) is 0.285. The van der Waals surface area contributed by atoms with Gasteiger partial charge in [0.2, 0.25) is 0 Å². The van der Waals surface area contributed by atoms with E-state index in [4.69, 9.17) is 32.4 Å². The fraction of sp³-hybridized carbons (Fsp3) is 0.333. The molecule has 3 heterocycles. The lowest BCUT2D eigenvalue weighted by Gasteiger charge is -2.24. The number of hydrogen-bond acceptors (Lipinski definition) is 9. The third-order valence-corrected chi connectivity index (χ3v) is 5.94. The van der Waals surface area contributed by atoms with Crippen molar-refractivity contribution >= 4 is 57.8 Å². The molecule has 4 rings (SSSR count). The van der Waals surface area contributed by atoms with Crippen LogP contribution in [0.2, 0.25) is 10.0 Å². The number of rotatable bonds is 5. The maximum absolute atomic E-state index is 12.8. The molecule has 0 radical (unpaired) electrons. The zero-order valence-electron chi connectivity index (χ0n) is 18.0. The Morgan fingerprint density at radius 1 is 1.12 bits per heavy atom. The van der Waals surface area contributed by atoms with Crippen molar-refractivity contribution in [1.82, 2.24) is 14.9 Å². The van der Waals surface area contributed by atoms with Crippen molar-refractivity contribution in [2.24, 2.45) is 0 Å². The van der Waals surface area contributed by atoms with Gasteiger partial charge in [0.25, 0.3) is 5.91 Å². The molecule has 1 aliphatic heterocycles. The molecular weight excluding hydrogens is 489 g/mol. The highest BCUT2D eigenvalue weighted by molar-refractivity contribution is 6.42. The molecule has 0 atom stereocenters. The molecule has 3 aromatic rings. The number of fused-ring (bicyclic) bond motifs is 1. The molecule has 178 valence electrons. The van der Waals surface area contributed by atoms with Crippen molar-refractivity contribution in [1.29, 1.82) is 0 Å². The molecule has 0 saturated carbocycles. The van der Waals surface area contributed by atoms with Gasteiger partial charge in [0.05, 0.1) is 33.8 Å². The van der Waals surface area contributed by atoms with Gasteiger partial charge in [-0.1, -0.05) is 23.2 Å². The Kier molecular flexibility index (Phi) is 6.85. The number of esters is 1. The highest BCUT2D eigenvalue weighted by Gasteiger charge is 2.28. The summed E-state index contributed by atoms with van der Waals surface area (Å²) in [5.74, 6) is -1.37. The standard InChI is InChI=1S/C21H19Cl2N5O6/c1-2-33-21(30)18-19(25-15-11-13(23)12(22)10-14(15)24-18)26-6-3-7-27(9-8-26)20(29)16-4-5-17(34-16)28(31)32/h4-5,10-11H,2-3,6-9H2,1H3. The predicted molar refractivity (Wildman–Crippen MR) is 124 cm³/mol. The molecule has 1 aromatic carbocycles. The van der Waals surface area contributed by atoms with Crippen LogP contribution in [-0.2, 0) is 4.74 Å². The summed E-state index contributed by atoms with van der Waals surface area (Å²) in [6.07, 6.45) is 0.553. The van der Waals surface area contributed by atoms with Crippen molar-refractivity contribution in [3.05, 3.63) is 55.9 Å². The lowest BCUT2D eigenvalue weighted by atomic mass is 10.2. The molecule has 13 heteroatoms. The summed E-state index contributed by atoms with van der Waals surface area (Å²) in [4.78, 5) is 48.1. The second-order valence-corrected chi connectivity index (χ2v) is 8.21. The molecule has 0 spiro atoms. The first-order valence-corrected chi connectivity index (χ1v) is 11.2. The monoisotopic (exact) mass is 507 g/mol. The van der Waals surface area contributed by atoms with E-state index in [1.54, 1.807) is 13.0 Å². The van der Waals surface area contributed by atoms with E-state index < -0.39 is 22.7 Å². The number of nitrogens with zero attached hydrogens (tertiary/aromatic N) is 5. The molecule has 0 bridgehead atoms. The second kappa shape index (κ2) is 9.82. The van der Waals surface area contributed by atoms with Gasteiger partial charge >= 0.3 is 11.9 Å². The van der Waals surface area contributed by atoms with Crippen LogP contribution in [0.4, 0.5) is 11.7 Å². The number of furan rings is 1. The minimum Gasteiger partial charge on any atom is -0.461 e. The molecule has 1 aliphatic rings. The van der Waals surface area contributed by atoms with Crippen molar-refractivity contribution < 1.29 is 23.7 Å². The molecule has 11 nitrogen and oxygen atoms in total. The minimum absolute atomic E-state index is 0.0363. The Morgan fingerprint density at radius 2 is 1.82 bits per heavy atom. The number of anilines is 1. The van der Waals surface area contributed by atoms with Gasteiger partial charge < -0.3 is 19.0 Å². The van der Waals surface area contributed by atoms with Crippen LogP contribution in [0, 0.1) is 10.1 Å². The minimum atomic E-state index is -0.699. The first-order chi connectivity index (χ1) is 16.3. The maximum atomic E-state index is 12.8. The summed E-state index contributed by atoms with van der Waals surface area (Å²) in [6.45, 7) is 3.34. The largest absolute Gasteiger partial charge is 0.461 e. The third-order valence-electron chi connectivity index (χ3n) is 5.22. The van der Waals surface area contributed by atoms with Crippen molar-refractivity contribution in [3.63, 3.8) is 0 Å². The third kappa shape index (κ3) is 4.75. The summed E-state index contributed by atoms with van der Waals surface area (Å²) >= 11 is 12.2. The van der Waals surface area contributed by atoms with Crippen LogP contribution in [0.15, 0.2) is 28.7 Å². The van der Waals surface area contributed by atoms with Crippen LogP contribution >= 0.6 is 23.2 Å². The number of amides is 1. The first kappa shape index (κ1) is 23.7. The molecular formula is C21H19Cl2N5O6. The number of halogens is 2. The normalized spacial score (nSPS) is 14.2. The molecule has 0 aliphatic carbocycles. The molecule has 34 heavy (non-hydrogen) atoms. The summed E-state index contributed by atoms with van der Waals surface area (Å²) in [5.41, 5.74) is 0.888. The number of carbonyl (C=O) groups excluding carboxylic acids is 2. The average molecular weight is 508 g/mol. The van der Waals surface area contributed by atoms with E-state index in [0.717, 1.165) is 6.07 Å². The number of carbonyl (C=O) groups is 2. The predicted octanol–water partition coefficient (Wildman–Crippen LogP) is 3.97. The fourth-order valence-corrected chi connectivity index (χ4v) is 3.94. The molecule has 2 aromatic heterocycles. The average Bonchev–Trinajstić information content (AvgIpc) is 3.18. The number of benzene rings is 1. The maximum Gasteiger partial charge on any atom is 0.433 e. The highest BCUT2D eigenvalue weighted by atomic mass is 35.5. The van der Waals surface area contributed by atoms with Crippen LogP contribution < -0.4 is 4.90 Å². The van der Waals surface area contributed by atoms with Gasteiger partial charge in [-0.2, -0.15) is 0 Å². The summed E-state index contributed by atoms with van der Waals surface area (Å²) < 4.78 is 10.2. The van der Waals surface area contributed by atoms with E-state index >= 15 is 0 Å². The number of ether oxygens (including phenoxy) is 1. The Balaban J connectivity index is 1.62. The van der Waals surface area contributed by atoms with Crippen LogP contribution in [-0.4, -0.2) is 64.5 Å². The smallest absolute Gasteiger partial charge is 0.433 e. The summed E-state index contributed by atoms with van der Waals surface area (Å²) in [6, 6.07) is 5.53. The molecule has 1 saturated heterocycles. The topological polar surface area (TPSA) is 132 Å². The van der Waals surface area contributed by atoms with Crippen molar-refractivity contribution in [2.75, 3.05) is 37.7 Å².